The summed E-state index contributed by atoms with van der Waals surface area (Å²) in [4.78, 5) is 34.8. The fourth-order valence-corrected chi connectivity index (χ4v) is 4.25. The predicted molar refractivity (Wildman–Crippen MR) is 132 cm³/mol. The highest BCUT2D eigenvalue weighted by atomic mass is 16.5. The van der Waals surface area contributed by atoms with E-state index in [-0.39, 0.29) is 17.6 Å². The van der Waals surface area contributed by atoms with Crippen LogP contribution in [0.4, 0.5) is 11.7 Å². The number of amides is 2. The van der Waals surface area contributed by atoms with Crippen molar-refractivity contribution < 1.29 is 23.5 Å². The third-order valence-corrected chi connectivity index (χ3v) is 6.44. The average molecular weight is 486 g/mol. The molecule has 35 heavy (non-hydrogen) atoms. The van der Waals surface area contributed by atoms with Crippen molar-refractivity contribution in [1.29, 1.82) is 0 Å². The monoisotopic (exact) mass is 485 g/mol. The molecular weight excluding hydrogens is 450 g/mol. The van der Waals surface area contributed by atoms with Gasteiger partial charge in [-0.2, -0.15) is 4.98 Å². The van der Waals surface area contributed by atoms with Crippen molar-refractivity contribution in [1.82, 2.24) is 15.2 Å². The Morgan fingerprint density at radius 1 is 1.06 bits per heavy atom. The fraction of sp³-hybridized carbons (Fsp3) is 0.560. The molecule has 10 nitrogen and oxygen atoms in total. The quantitative estimate of drug-likeness (QED) is 0.558. The second-order valence-electron chi connectivity index (χ2n) is 8.77. The molecule has 190 valence electrons. The Balaban J connectivity index is 1.52. The Morgan fingerprint density at radius 3 is 2.49 bits per heavy atom. The number of anilines is 2. The van der Waals surface area contributed by atoms with Gasteiger partial charge in [-0.15, -0.1) is 0 Å². The number of ether oxygens (including phenoxy) is 2. The van der Waals surface area contributed by atoms with Crippen molar-refractivity contribution in [2.75, 3.05) is 62.8 Å². The average Bonchev–Trinajstić information content (AvgIpc) is 3.40. The zero-order chi connectivity index (χ0) is 24.6. The minimum Gasteiger partial charge on any atom is -0.431 e. The minimum atomic E-state index is -0.426. The molecule has 2 saturated heterocycles. The lowest BCUT2D eigenvalue weighted by Crippen LogP contribution is -2.39. The van der Waals surface area contributed by atoms with E-state index >= 15 is 0 Å². The van der Waals surface area contributed by atoms with Crippen LogP contribution in [0.2, 0.25) is 0 Å². The number of nitrogens with zero attached hydrogens (tertiary/aromatic N) is 3. The van der Waals surface area contributed by atoms with E-state index < -0.39 is 5.91 Å². The molecule has 0 radical (unpaired) electrons. The molecule has 2 amide bonds. The first kappa shape index (κ1) is 25.2. The van der Waals surface area contributed by atoms with Crippen LogP contribution in [0.5, 0.6) is 0 Å². The standard InChI is InChI=1S/C25H35N5O5/c1-3-29(4-2)16-18-5-6-21(20(15-18)23(31)26-19-7-11-33-12-8-19)27-24(32)22-17-35-25(28-22)30-9-13-34-14-10-30/h5-6,15,17,19H,3-4,7-14,16H2,1-2H3,(H,26,31)(H,27,32). The lowest BCUT2D eigenvalue weighted by atomic mass is 10.0. The van der Waals surface area contributed by atoms with E-state index in [2.05, 4.69) is 34.4 Å². The predicted octanol–water partition coefficient (Wildman–Crippen LogP) is 2.51. The Kier molecular flexibility index (Phi) is 8.73. The molecule has 2 N–H and O–H groups in total. The third kappa shape index (κ3) is 6.59. The maximum absolute atomic E-state index is 13.3. The van der Waals surface area contributed by atoms with Gasteiger partial charge in [-0.1, -0.05) is 19.9 Å². The first-order chi connectivity index (χ1) is 17.1. The summed E-state index contributed by atoms with van der Waals surface area (Å²) in [6.07, 6.45) is 2.89. The minimum absolute atomic E-state index is 0.0536. The number of oxazole rings is 1. The molecule has 1 aromatic carbocycles. The van der Waals surface area contributed by atoms with Crippen molar-refractivity contribution in [3.8, 4) is 0 Å². The van der Waals surface area contributed by atoms with Crippen molar-refractivity contribution in [2.45, 2.75) is 39.3 Å². The summed E-state index contributed by atoms with van der Waals surface area (Å²) in [7, 11) is 0. The number of hydrogen-bond donors (Lipinski definition) is 2. The summed E-state index contributed by atoms with van der Waals surface area (Å²) < 4.78 is 16.3. The maximum atomic E-state index is 13.3. The SMILES string of the molecule is CCN(CC)Cc1ccc(NC(=O)c2coc(N3CCOCC3)n2)c(C(=O)NC2CCOCC2)c1. The zero-order valence-electron chi connectivity index (χ0n) is 20.5. The van der Waals surface area contributed by atoms with E-state index in [0.717, 1.165) is 38.0 Å². The molecule has 2 aliphatic rings. The van der Waals surface area contributed by atoms with Gasteiger partial charge in [0.15, 0.2) is 5.69 Å². The van der Waals surface area contributed by atoms with Gasteiger partial charge in [-0.05, 0) is 43.6 Å². The normalized spacial score (nSPS) is 16.9. The van der Waals surface area contributed by atoms with Gasteiger partial charge in [0, 0.05) is 38.9 Å². The molecule has 10 heteroatoms. The van der Waals surface area contributed by atoms with Gasteiger partial charge < -0.3 is 29.4 Å². The van der Waals surface area contributed by atoms with E-state index in [1.54, 1.807) is 6.07 Å². The molecule has 2 aromatic rings. The number of carbonyl (C=O) groups is 2. The van der Waals surface area contributed by atoms with Crippen LogP contribution in [-0.2, 0) is 16.0 Å². The Morgan fingerprint density at radius 2 is 1.77 bits per heavy atom. The molecule has 2 fully saturated rings. The lowest BCUT2D eigenvalue weighted by molar-refractivity contribution is 0.0697. The Hall–Kier alpha value is -2.95. The smallest absolute Gasteiger partial charge is 0.298 e. The molecular formula is C25H35N5O5. The molecule has 0 aliphatic carbocycles. The zero-order valence-corrected chi connectivity index (χ0v) is 20.5. The number of rotatable bonds is 9. The second-order valence-corrected chi connectivity index (χ2v) is 8.77. The summed E-state index contributed by atoms with van der Waals surface area (Å²) >= 11 is 0. The van der Waals surface area contributed by atoms with Crippen LogP contribution in [-0.4, -0.2) is 80.3 Å². The number of carbonyl (C=O) groups excluding carboxylic acids is 2. The Labute approximate surface area is 205 Å². The second kappa shape index (κ2) is 12.1. The van der Waals surface area contributed by atoms with Crippen molar-refractivity contribution in [2.24, 2.45) is 0 Å². The molecule has 3 heterocycles. The van der Waals surface area contributed by atoms with Crippen LogP contribution in [0.3, 0.4) is 0 Å². The molecule has 4 rings (SSSR count). The first-order valence-electron chi connectivity index (χ1n) is 12.4. The van der Waals surface area contributed by atoms with Crippen molar-refractivity contribution >= 4 is 23.5 Å². The summed E-state index contributed by atoms with van der Waals surface area (Å²) in [6, 6.07) is 6.05. The Bertz CT molecular complexity index is 994. The number of nitrogens with one attached hydrogen (secondary N) is 2. The molecule has 1 aromatic heterocycles. The van der Waals surface area contributed by atoms with Gasteiger partial charge in [0.1, 0.15) is 6.26 Å². The van der Waals surface area contributed by atoms with Crippen LogP contribution in [0, 0.1) is 0 Å². The summed E-state index contributed by atoms with van der Waals surface area (Å²) in [5.41, 5.74) is 2.06. The first-order valence-corrected chi connectivity index (χ1v) is 12.4. The van der Waals surface area contributed by atoms with E-state index in [1.165, 1.54) is 6.26 Å². The van der Waals surface area contributed by atoms with Crippen molar-refractivity contribution in [3.05, 3.63) is 41.3 Å². The van der Waals surface area contributed by atoms with Gasteiger partial charge in [0.05, 0.1) is 24.5 Å². The van der Waals surface area contributed by atoms with Crippen LogP contribution in [0.15, 0.2) is 28.9 Å². The molecule has 0 bridgehead atoms. The van der Waals surface area contributed by atoms with Crippen LogP contribution in [0.25, 0.3) is 0 Å². The number of morpholine rings is 1. The topological polar surface area (TPSA) is 109 Å². The lowest BCUT2D eigenvalue weighted by Gasteiger charge is -2.24. The van der Waals surface area contributed by atoms with Crippen molar-refractivity contribution in [3.63, 3.8) is 0 Å². The van der Waals surface area contributed by atoms with Crippen LogP contribution >= 0.6 is 0 Å². The summed E-state index contributed by atoms with van der Waals surface area (Å²) in [5.74, 6) is -0.632. The van der Waals surface area contributed by atoms with Crippen LogP contribution < -0.4 is 15.5 Å². The van der Waals surface area contributed by atoms with E-state index in [1.807, 2.05) is 17.0 Å². The number of hydrogen-bond acceptors (Lipinski definition) is 8. The molecule has 2 aliphatic heterocycles. The highest BCUT2D eigenvalue weighted by Crippen LogP contribution is 2.22. The summed E-state index contributed by atoms with van der Waals surface area (Å²) in [5, 5.41) is 5.97. The number of benzene rings is 1. The van der Waals surface area contributed by atoms with Gasteiger partial charge in [-0.25, -0.2) is 0 Å². The molecule has 0 spiro atoms. The van der Waals surface area contributed by atoms with E-state index in [0.29, 0.717) is 56.8 Å². The molecule has 0 unspecified atom stereocenters. The molecule has 0 saturated carbocycles. The number of aromatic nitrogens is 1. The highest BCUT2D eigenvalue weighted by Gasteiger charge is 2.23. The van der Waals surface area contributed by atoms with Gasteiger partial charge >= 0.3 is 0 Å². The van der Waals surface area contributed by atoms with Crippen LogP contribution in [0.1, 0.15) is 53.1 Å². The summed E-state index contributed by atoms with van der Waals surface area (Å²) in [6.45, 7) is 10.5. The molecule has 0 atom stereocenters. The maximum Gasteiger partial charge on any atom is 0.298 e. The highest BCUT2D eigenvalue weighted by molar-refractivity contribution is 6.08. The van der Waals surface area contributed by atoms with Gasteiger partial charge in [0.25, 0.3) is 17.8 Å². The van der Waals surface area contributed by atoms with E-state index in [4.69, 9.17) is 13.9 Å². The van der Waals surface area contributed by atoms with Gasteiger partial charge in [0.2, 0.25) is 0 Å². The van der Waals surface area contributed by atoms with E-state index in [9.17, 15) is 9.59 Å². The largest absolute Gasteiger partial charge is 0.431 e. The van der Waals surface area contributed by atoms with Gasteiger partial charge in [-0.3, -0.25) is 14.5 Å². The third-order valence-electron chi connectivity index (χ3n) is 6.44. The fourth-order valence-electron chi connectivity index (χ4n) is 4.25.